The molecule has 1 saturated carbocycles. The summed E-state index contributed by atoms with van der Waals surface area (Å²) in [6, 6.07) is 0. The van der Waals surface area contributed by atoms with Gasteiger partial charge in [-0.15, -0.1) is 0 Å². The summed E-state index contributed by atoms with van der Waals surface area (Å²) in [6.07, 6.45) is 7.44. The Balaban J connectivity index is 2.47. The van der Waals surface area contributed by atoms with Crippen molar-refractivity contribution in [2.24, 2.45) is 22.5 Å². The number of rotatable bonds is 6. The molecule has 0 aliphatic heterocycles. The number of nitrogens with one attached hydrogen (secondary N) is 1. The van der Waals surface area contributed by atoms with Crippen molar-refractivity contribution in [2.45, 2.75) is 66.2 Å². The van der Waals surface area contributed by atoms with Crippen LogP contribution < -0.4 is 11.1 Å². The third-order valence-corrected chi connectivity index (χ3v) is 4.80. The molecule has 1 amide bonds. The molecule has 19 heavy (non-hydrogen) atoms. The molecule has 1 aliphatic carbocycles. The maximum atomic E-state index is 12.2. The second kappa shape index (κ2) is 6.74. The minimum absolute atomic E-state index is 0.141. The number of carbonyl (C=O) groups is 1. The summed E-state index contributed by atoms with van der Waals surface area (Å²) in [5.74, 6) is 0.890. The van der Waals surface area contributed by atoms with E-state index in [1.54, 1.807) is 0 Å². The van der Waals surface area contributed by atoms with Gasteiger partial charge in [0.15, 0.2) is 0 Å². The molecule has 0 unspecified atom stereocenters. The zero-order valence-electron chi connectivity index (χ0n) is 13.2. The Labute approximate surface area is 118 Å². The van der Waals surface area contributed by atoms with Crippen molar-refractivity contribution in [3.8, 4) is 0 Å². The first-order chi connectivity index (χ1) is 8.79. The van der Waals surface area contributed by atoms with Gasteiger partial charge in [0.1, 0.15) is 0 Å². The van der Waals surface area contributed by atoms with E-state index in [4.69, 9.17) is 5.73 Å². The molecule has 0 aromatic heterocycles. The van der Waals surface area contributed by atoms with Crippen molar-refractivity contribution in [1.82, 2.24) is 5.32 Å². The van der Waals surface area contributed by atoms with Gasteiger partial charge in [-0.25, -0.2) is 0 Å². The van der Waals surface area contributed by atoms with Gasteiger partial charge in [-0.05, 0) is 37.1 Å². The zero-order chi connectivity index (χ0) is 14.5. The lowest BCUT2D eigenvalue weighted by Crippen LogP contribution is -2.44. The minimum atomic E-state index is -0.350. The fraction of sp³-hybridized carbons (Fsp3) is 0.938. The molecule has 1 aliphatic rings. The largest absolute Gasteiger partial charge is 0.355 e. The van der Waals surface area contributed by atoms with Gasteiger partial charge in [0.25, 0.3) is 0 Å². The quantitative estimate of drug-likeness (QED) is 0.778. The maximum absolute atomic E-state index is 12.2. The van der Waals surface area contributed by atoms with Crippen LogP contribution in [0.1, 0.15) is 66.2 Å². The van der Waals surface area contributed by atoms with Crippen molar-refractivity contribution >= 4 is 5.91 Å². The van der Waals surface area contributed by atoms with Gasteiger partial charge in [-0.3, -0.25) is 4.79 Å². The van der Waals surface area contributed by atoms with E-state index in [9.17, 15) is 4.79 Å². The number of hydrogen-bond donors (Lipinski definition) is 2. The van der Waals surface area contributed by atoms with Gasteiger partial charge < -0.3 is 11.1 Å². The molecule has 3 N–H and O–H groups in total. The van der Waals surface area contributed by atoms with Crippen LogP contribution in [0.4, 0.5) is 0 Å². The summed E-state index contributed by atoms with van der Waals surface area (Å²) in [5.41, 5.74) is 5.42. The van der Waals surface area contributed by atoms with Crippen molar-refractivity contribution in [2.75, 3.05) is 13.1 Å². The standard InChI is InChI=1S/C16H32N2O/c1-15(2,10-11-17)14(19)18-12-16(3,4)13-8-6-5-7-9-13/h13H,5-12,17H2,1-4H3,(H,18,19). The lowest BCUT2D eigenvalue weighted by molar-refractivity contribution is -0.130. The number of nitrogens with two attached hydrogens (primary N) is 1. The van der Waals surface area contributed by atoms with Gasteiger partial charge >= 0.3 is 0 Å². The molecule has 3 nitrogen and oxygen atoms in total. The highest BCUT2D eigenvalue weighted by Crippen LogP contribution is 2.37. The van der Waals surface area contributed by atoms with E-state index in [0.29, 0.717) is 6.54 Å². The minimum Gasteiger partial charge on any atom is -0.355 e. The van der Waals surface area contributed by atoms with Gasteiger partial charge in [0.05, 0.1) is 0 Å². The molecule has 0 saturated heterocycles. The molecule has 1 rings (SSSR count). The van der Waals surface area contributed by atoms with Crippen molar-refractivity contribution < 1.29 is 4.79 Å². The van der Waals surface area contributed by atoms with Crippen LogP contribution in [-0.2, 0) is 4.79 Å². The lowest BCUT2D eigenvalue weighted by Gasteiger charge is -2.38. The van der Waals surface area contributed by atoms with Crippen LogP contribution in [-0.4, -0.2) is 19.0 Å². The Morgan fingerprint density at radius 2 is 1.74 bits per heavy atom. The summed E-state index contributed by atoms with van der Waals surface area (Å²) < 4.78 is 0. The Bertz CT molecular complexity index is 291. The average molecular weight is 268 g/mol. The van der Waals surface area contributed by atoms with E-state index in [1.807, 2.05) is 13.8 Å². The highest BCUT2D eigenvalue weighted by Gasteiger charge is 2.33. The molecule has 1 fully saturated rings. The normalized spacial score (nSPS) is 18.4. The first-order valence-corrected chi connectivity index (χ1v) is 7.78. The van der Waals surface area contributed by atoms with Crippen LogP contribution in [0.5, 0.6) is 0 Å². The number of hydrogen-bond acceptors (Lipinski definition) is 2. The molecule has 0 bridgehead atoms. The Morgan fingerprint density at radius 1 is 1.16 bits per heavy atom. The van der Waals surface area contributed by atoms with Crippen LogP contribution in [0.2, 0.25) is 0 Å². The molecule has 0 spiro atoms. The number of amides is 1. The van der Waals surface area contributed by atoms with E-state index < -0.39 is 0 Å². The summed E-state index contributed by atoms with van der Waals surface area (Å²) >= 11 is 0. The molecule has 0 aromatic rings. The second-order valence-corrected chi connectivity index (χ2v) is 7.43. The fourth-order valence-corrected chi connectivity index (χ4v) is 3.05. The van der Waals surface area contributed by atoms with Crippen molar-refractivity contribution in [1.29, 1.82) is 0 Å². The second-order valence-electron chi connectivity index (χ2n) is 7.43. The monoisotopic (exact) mass is 268 g/mol. The molecule has 112 valence electrons. The summed E-state index contributed by atoms with van der Waals surface area (Å²) in [4.78, 5) is 12.2. The molecule has 0 heterocycles. The van der Waals surface area contributed by atoms with E-state index in [2.05, 4.69) is 19.2 Å². The van der Waals surface area contributed by atoms with Gasteiger partial charge in [-0.1, -0.05) is 47.0 Å². The fourth-order valence-electron chi connectivity index (χ4n) is 3.05. The van der Waals surface area contributed by atoms with Crippen LogP contribution in [0.15, 0.2) is 0 Å². The maximum Gasteiger partial charge on any atom is 0.225 e. The molecule has 0 atom stereocenters. The SMILES string of the molecule is CC(C)(CCN)C(=O)NCC(C)(C)C1CCCCC1. The van der Waals surface area contributed by atoms with Gasteiger partial charge in [0, 0.05) is 12.0 Å². The Hall–Kier alpha value is -0.570. The van der Waals surface area contributed by atoms with Crippen LogP contribution >= 0.6 is 0 Å². The third kappa shape index (κ3) is 4.79. The Morgan fingerprint density at radius 3 is 2.26 bits per heavy atom. The summed E-state index contributed by atoms with van der Waals surface area (Å²) in [7, 11) is 0. The molecule has 3 heteroatoms. The van der Waals surface area contributed by atoms with Crippen LogP contribution in [0, 0.1) is 16.7 Å². The van der Waals surface area contributed by atoms with E-state index in [0.717, 1.165) is 18.9 Å². The van der Waals surface area contributed by atoms with Gasteiger partial charge in [0.2, 0.25) is 5.91 Å². The molecular formula is C16H32N2O. The topological polar surface area (TPSA) is 55.1 Å². The zero-order valence-corrected chi connectivity index (χ0v) is 13.2. The Kier molecular flexibility index (Phi) is 5.84. The smallest absolute Gasteiger partial charge is 0.225 e. The van der Waals surface area contributed by atoms with Crippen LogP contribution in [0.25, 0.3) is 0 Å². The highest BCUT2D eigenvalue weighted by molar-refractivity contribution is 5.81. The van der Waals surface area contributed by atoms with Crippen LogP contribution in [0.3, 0.4) is 0 Å². The average Bonchev–Trinajstić information content (AvgIpc) is 2.37. The number of carbonyl (C=O) groups excluding carboxylic acids is 1. The third-order valence-electron chi connectivity index (χ3n) is 4.80. The van der Waals surface area contributed by atoms with Crippen molar-refractivity contribution in [3.63, 3.8) is 0 Å². The summed E-state index contributed by atoms with van der Waals surface area (Å²) in [5, 5.41) is 3.15. The first kappa shape index (κ1) is 16.5. The van der Waals surface area contributed by atoms with E-state index >= 15 is 0 Å². The van der Waals surface area contributed by atoms with Gasteiger partial charge in [-0.2, -0.15) is 0 Å². The summed E-state index contributed by atoms with van der Waals surface area (Å²) in [6.45, 7) is 9.88. The molecular weight excluding hydrogens is 236 g/mol. The predicted molar refractivity (Wildman–Crippen MR) is 80.8 cm³/mol. The van der Waals surface area contributed by atoms with E-state index in [-0.39, 0.29) is 16.7 Å². The predicted octanol–water partition coefficient (Wildman–Crippen LogP) is 3.08. The van der Waals surface area contributed by atoms with Crippen molar-refractivity contribution in [3.05, 3.63) is 0 Å². The molecule has 0 aromatic carbocycles. The first-order valence-electron chi connectivity index (χ1n) is 7.78. The lowest BCUT2D eigenvalue weighted by atomic mass is 9.71. The van der Waals surface area contributed by atoms with E-state index in [1.165, 1.54) is 32.1 Å². The molecule has 0 radical (unpaired) electrons. The highest BCUT2D eigenvalue weighted by atomic mass is 16.2.